The highest BCUT2D eigenvalue weighted by atomic mass is 32.1. The van der Waals surface area contributed by atoms with Crippen molar-refractivity contribution in [2.75, 3.05) is 13.2 Å². The average molecular weight is 260 g/mol. The largest absolute Gasteiger partial charge is 0.394 e. The number of rotatable bonds is 2. The number of carbonyl (C=O) groups excluding carboxylic acids is 2. The molecule has 2 rings (SSSR count). The van der Waals surface area contributed by atoms with Crippen LogP contribution in [-0.2, 0) is 9.53 Å². The molecule has 0 aromatic carbocycles. The number of imide groups is 1. The van der Waals surface area contributed by atoms with Crippen LogP contribution in [0.25, 0.3) is 0 Å². The molecule has 3 amide bonds. The molecule has 0 bridgehead atoms. The van der Waals surface area contributed by atoms with Crippen molar-refractivity contribution < 1.29 is 19.4 Å². The van der Waals surface area contributed by atoms with E-state index in [-0.39, 0.29) is 29.8 Å². The molecule has 2 heterocycles. The molecule has 1 unspecified atom stereocenters. The maximum atomic E-state index is 11.7. The fourth-order valence-electron chi connectivity index (χ4n) is 2.08. The first kappa shape index (κ1) is 12.7. The van der Waals surface area contributed by atoms with E-state index in [1.165, 1.54) is 4.90 Å². The lowest BCUT2D eigenvalue weighted by Gasteiger charge is -2.34. The molecule has 0 spiro atoms. The van der Waals surface area contributed by atoms with E-state index in [9.17, 15) is 9.59 Å². The molecule has 2 aliphatic rings. The van der Waals surface area contributed by atoms with E-state index in [1.54, 1.807) is 6.92 Å². The Kier molecular flexibility index (Phi) is 3.60. The van der Waals surface area contributed by atoms with Gasteiger partial charge in [-0.05, 0) is 0 Å². The molecule has 6 nitrogen and oxygen atoms in total. The van der Waals surface area contributed by atoms with Crippen LogP contribution in [0.2, 0.25) is 0 Å². The van der Waals surface area contributed by atoms with Crippen molar-refractivity contribution in [1.29, 1.82) is 0 Å². The number of amides is 3. The molecule has 2 aliphatic heterocycles. The first-order valence-electron chi connectivity index (χ1n) is 5.58. The van der Waals surface area contributed by atoms with E-state index < -0.39 is 12.3 Å². The lowest BCUT2D eigenvalue weighted by Crippen LogP contribution is -2.57. The normalized spacial score (nSPS) is 38.4. The number of hydrogen-bond acceptors (Lipinski definition) is 5. The number of urea groups is 1. The summed E-state index contributed by atoms with van der Waals surface area (Å²) in [7, 11) is 0. The molecule has 2 N–H and O–H groups in total. The third kappa shape index (κ3) is 2.41. The van der Waals surface area contributed by atoms with Gasteiger partial charge in [0.2, 0.25) is 5.91 Å². The van der Waals surface area contributed by atoms with Crippen LogP contribution in [0.3, 0.4) is 0 Å². The maximum Gasteiger partial charge on any atom is 0.326 e. The molecule has 2 fully saturated rings. The van der Waals surface area contributed by atoms with Gasteiger partial charge in [0.1, 0.15) is 6.23 Å². The van der Waals surface area contributed by atoms with Gasteiger partial charge in [0.25, 0.3) is 0 Å². The summed E-state index contributed by atoms with van der Waals surface area (Å²) in [4.78, 5) is 24.5. The molecule has 0 aliphatic carbocycles. The van der Waals surface area contributed by atoms with Gasteiger partial charge in [-0.3, -0.25) is 15.0 Å². The van der Waals surface area contributed by atoms with E-state index >= 15 is 0 Å². The van der Waals surface area contributed by atoms with Gasteiger partial charge in [0, 0.05) is 18.2 Å². The standard InChI is InChI=1S/C10H16N2O4S/c1-5-3-12(10(15)11-9(5)14)8-2-7(17)6(4-13)16-8/h5-8,13,17H,2-4H2,1H3,(H,11,14,15)/t5?,6-,7+,8-/m1/s1. The monoisotopic (exact) mass is 260 g/mol. The fourth-order valence-corrected chi connectivity index (χ4v) is 2.43. The summed E-state index contributed by atoms with van der Waals surface area (Å²) in [5.41, 5.74) is 0. The van der Waals surface area contributed by atoms with Gasteiger partial charge in [-0.25, -0.2) is 4.79 Å². The van der Waals surface area contributed by atoms with Gasteiger partial charge in [-0.15, -0.1) is 0 Å². The van der Waals surface area contributed by atoms with Crippen molar-refractivity contribution in [2.45, 2.75) is 30.9 Å². The second kappa shape index (κ2) is 4.83. The second-order valence-corrected chi connectivity index (χ2v) is 5.13. The van der Waals surface area contributed by atoms with E-state index in [0.717, 1.165) is 0 Å². The molecular formula is C10H16N2O4S. The quantitative estimate of drug-likeness (QED) is 0.589. The fraction of sp³-hybridized carbons (Fsp3) is 0.800. The van der Waals surface area contributed by atoms with E-state index in [0.29, 0.717) is 13.0 Å². The molecule has 96 valence electrons. The van der Waals surface area contributed by atoms with Gasteiger partial charge in [0.15, 0.2) is 0 Å². The van der Waals surface area contributed by atoms with Gasteiger partial charge in [0.05, 0.1) is 18.6 Å². The zero-order valence-electron chi connectivity index (χ0n) is 9.50. The Morgan fingerprint density at radius 2 is 2.29 bits per heavy atom. The van der Waals surface area contributed by atoms with Crippen molar-refractivity contribution in [2.24, 2.45) is 5.92 Å². The molecular weight excluding hydrogens is 244 g/mol. The Morgan fingerprint density at radius 1 is 1.59 bits per heavy atom. The number of ether oxygens (including phenoxy) is 1. The van der Waals surface area contributed by atoms with E-state index in [2.05, 4.69) is 17.9 Å². The summed E-state index contributed by atoms with van der Waals surface area (Å²) in [6.07, 6.45) is -0.211. The van der Waals surface area contributed by atoms with Gasteiger partial charge in [-0.1, -0.05) is 6.92 Å². The molecule has 0 aromatic heterocycles. The molecule has 2 saturated heterocycles. The van der Waals surface area contributed by atoms with E-state index in [4.69, 9.17) is 9.84 Å². The van der Waals surface area contributed by atoms with Crippen molar-refractivity contribution >= 4 is 24.6 Å². The van der Waals surface area contributed by atoms with Crippen LogP contribution in [0.1, 0.15) is 13.3 Å². The summed E-state index contributed by atoms with van der Waals surface area (Å²) in [5.74, 6) is -0.506. The predicted octanol–water partition coefficient (Wildman–Crippen LogP) is -0.420. The lowest BCUT2D eigenvalue weighted by molar-refractivity contribution is -0.128. The average Bonchev–Trinajstić information content (AvgIpc) is 2.65. The number of carbonyl (C=O) groups is 2. The van der Waals surface area contributed by atoms with Crippen LogP contribution < -0.4 is 5.32 Å². The second-order valence-electron chi connectivity index (χ2n) is 4.46. The minimum absolute atomic E-state index is 0.0919. The highest BCUT2D eigenvalue weighted by Crippen LogP contribution is 2.28. The number of aliphatic hydroxyl groups is 1. The van der Waals surface area contributed by atoms with Gasteiger partial charge in [-0.2, -0.15) is 12.6 Å². The van der Waals surface area contributed by atoms with Crippen LogP contribution >= 0.6 is 12.6 Å². The highest BCUT2D eigenvalue weighted by molar-refractivity contribution is 7.81. The third-order valence-corrected chi connectivity index (χ3v) is 3.68. The topological polar surface area (TPSA) is 78.9 Å². The molecule has 17 heavy (non-hydrogen) atoms. The SMILES string of the molecule is CC1CN([C@H]2C[C@H](S)[C@@H](CO)O2)C(=O)NC1=O. The summed E-state index contributed by atoms with van der Waals surface area (Å²) in [6, 6.07) is -0.433. The Morgan fingerprint density at radius 3 is 2.88 bits per heavy atom. The first-order valence-corrected chi connectivity index (χ1v) is 6.10. The Bertz CT molecular complexity index is 338. The molecule has 0 radical (unpaired) electrons. The number of nitrogens with zero attached hydrogens (tertiary/aromatic N) is 1. The van der Waals surface area contributed by atoms with Crippen molar-refractivity contribution in [3.63, 3.8) is 0 Å². The van der Waals surface area contributed by atoms with Gasteiger partial charge < -0.3 is 9.84 Å². The number of aliphatic hydroxyl groups excluding tert-OH is 1. The molecule has 4 atom stereocenters. The summed E-state index contributed by atoms with van der Waals surface area (Å²) < 4.78 is 5.54. The minimum atomic E-state index is -0.433. The molecule has 7 heteroatoms. The van der Waals surface area contributed by atoms with Crippen LogP contribution in [0.5, 0.6) is 0 Å². The summed E-state index contributed by atoms with van der Waals surface area (Å²) in [5, 5.41) is 11.3. The highest BCUT2D eigenvalue weighted by Gasteiger charge is 2.41. The zero-order chi connectivity index (χ0) is 12.6. The van der Waals surface area contributed by atoms with Gasteiger partial charge >= 0.3 is 6.03 Å². The molecule has 0 aromatic rings. The van der Waals surface area contributed by atoms with Crippen LogP contribution in [0, 0.1) is 5.92 Å². The van der Waals surface area contributed by atoms with E-state index in [1.807, 2.05) is 0 Å². The lowest BCUT2D eigenvalue weighted by atomic mass is 10.1. The maximum absolute atomic E-state index is 11.7. The van der Waals surface area contributed by atoms with Crippen molar-refractivity contribution in [1.82, 2.24) is 10.2 Å². The Balaban J connectivity index is 2.03. The van der Waals surface area contributed by atoms with Crippen LogP contribution in [0.15, 0.2) is 0 Å². The molecule has 0 saturated carbocycles. The third-order valence-electron chi connectivity index (χ3n) is 3.14. The Hall–Kier alpha value is -0.790. The summed E-state index contributed by atoms with van der Waals surface area (Å²) >= 11 is 4.31. The zero-order valence-corrected chi connectivity index (χ0v) is 10.4. The number of hydrogen-bond donors (Lipinski definition) is 3. The minimum Gasteiger partial charge on any atom is -0.394 e. The summed E-state index contributed by atoms with van der Waals surface area (Å²) in [6.45, 7) is 1.98. The van der Waals surface area contributed by atoms with Crippen LogP contribution in [0.4, 0.5) is 4.79 Å². The Labute approximate surface area is 105 Å². The number of thiol groups is 1. The predicted molar refractivity (Wildman–Crippen MR) is 62.5 cm³/mol. The van der Waals surface area contributed by atoms with Crippen LogP contribution in [-0.4, -0.2) is 52.7 Å². The van der Waals surface area contributed by atoms with Crippen molar-refractivity contribution in [3.05, 3.63) is 0 Å². The van der Waals surface area contributed by atoms with Crippen molar-refractivity contribution in [3.8, 4) is 0 Å². The first-order chi connectivity index (χ1) is 8.02. The number of nitrogens with one attached hydrogen (secondary N) is 1. The smallest absolute Gasteiger partial charge is 0.326 e.